The van der Waals surface area contributed by atoms with Crippen molar-refractivity contribution in [3.63, 3.8) is 0 Å². The van der Waals surface area contributed by atoms with E-state index in [1.807, 2.05) is 12.1 Å². The van der Waals surface area contributed by atoms with E-state index in [0.717, 1.165) is 25.9 Å². The SMILES string of the molecule is COc1cc(C(=O)OCCCNCCC(c2ccccc2)c2ccccc2)cc(OC)c1OC.Cl. The summed E-state index contributed by atoms with van der Waals surface area (Å²) in [5.74, 6) is 1.19. The van der Waals surface area contributed by atoms with Crippen LogP contribution in [-0.2, 0) is 4.74 Å². The van der Waals surface area contributed by atoms with Crippen molar-refractivity contribution in [2.45, 2.75) is 18.8 Å². The van der Waals surface area contributed by atoms with Gasteiger partial charge in [-0.1, -0.05) is 60.7 Å². The van der Waals surface area contributed by atoms with Crippen molar-refractivity contribution in [2.24, 2.45) is 0 Å². The fourth-order valence-electron chi connectivity index (χ4n) is 3.91. The molecule has 0 saturated heterocycles. The van der Waals surface area contributed by atoms with Crippen molar-refractivity contribution in [1.29, 1.82) is 0 Å². The predicted molar refractivity (Wildman–Crippen MR) is 140 cm³/mol. The Labute approximate surface area is 214 Å². The molecule has 0 heterocycles. The van der Waals surface area contributed by atoms with Crippen LogP contribution in [0.25, 0.3) is 0 Å². The molecule has 6 nitrogen and oxygen atoms in total. The number of hydrogen-bond acceptors (Lipinski definition) is 6. The lowest BCUT2D eigenvalue weighted by atomic mass is 9.88. The Morgan fingerprint density at radius 1 is 0.800 bits per heavy atom. The molecule has 0 unspecified atom stereocenters. The van der Waals surface area contributed by atoms with Crippen LogP contribution < -0.4 is 19.5 Å². The molecule has 0 aliphatic carbocycles. The molecular formula is C28H34ClNO5. The van der Waals surface area contributed by atoms with Gasteiger partial charge < -0.3 is 24.3 Å². The Kier molecular flexibility index (Phi) is 11.9. The molecular weight excluding hydrogens is 466 g/mol. The van der Waals surface area contributed by atoms with E-state index in [4.69, 9.17) is 18.9 Å². The minimum atomic E-state index is -0.424. The lowest BCUT2D eigenvalue weighted by Crippen LogP contribution is -2.21. The van der Waals surface area contributed by atoms with E-state index in [-0.39, 0.29) is 12.4 Å². The van der Waals surface area contributed by atoms with Gasteiger partial charge in [-0.15, -0.1) is 12.4 Å². The second-order valence-corrected chi connectivity index (χ2v) is 7.82. The van der Waals surface area contributed by atoms with Gasteiger partial charge in [0.25, 0.3) is 0 Å². The zero-order chi connectivity index (χ0) is 24.2. The summed E-state index contributed by atoms with van der Waals surface area (Å²) in [6.45, 7) is 1.96. The van der Waals surface area contributed by atoms with Crippen LogP contribution in [0.1, 0.15) is 40.2 Å². The average molecular weight is 500 g/mol. The summed E-state index contributed by atoms with van der Waals surface area (Å²) in [5.41, 5.74) is 2.99. The van der Waals surface area contributed by atoms with Crippen molar-refractivity contribution in [3.8, 4) is 17.2 Å². The molecule has 188 valence electrons. The van der Waals surface area contributed by atoms with E-state index in [2.05, 4.69) is 53.8 Å². The maximum absolute atomic E-state index is 12.5. The molecule has 0 fully saturated rings. The van der Waals surface area contributed by atoms with E-state index >= 15 is 0 Å². The normalized spacial score (nSPS) is 10.4. The third-order valence-electron chi connectivity index (χ3n) is 5.65. The minimum Gasteiger partial charge on any atom is -0.493 e. The summed E-state index contributed by atoms with van der Waals surface area (Å²) in [7, 11) is 4.55. The van der Waals surface area contributed by atoms with Crippen molar-refractivity contribution in [2.75, 3.05) is 41.0 Å². The van der Waals surface area contributed by atoms with E-state index < -0.39 is 5.97 Å². The van der Waals surface area contributed by atoms with Gasteiger partial charge in [0, 0.05) is 5.92 Å². The Hall–Kier alpha value is -3.22. The number of hydrogen-bond donors (Lipinski definition) is 1. The van der Waals surface area contributed by atoms with Gasteiger partial charge in [0.15, 0.2) is 11.5 Å². The molecule has 1 N–H and O–H groups in total. The second-order valence-electron chi connectivity index (χ2n) is 7.82. The van der Waals surface area contributed by atoms with Gasteiger partial charge in [-0.25, -0.2) is 4.79 Å². The molecule has 0 bridgehead atoms. The minimum absolute atomic E-state index is 0. The molecule has 0 radical (unpaired) electrons. The molecule has 35 heavy (non-hydrogen) atoms. The predicted octanol–water partition coefficient (Wildman–Crippen LogP) is 5.49. The van der Waals surface area contributed by atoms with E-state index in [0.29, 0.717) is 35.3 Å². The number of carbonyl (C=O) groups excluding carboxylic acids is 1. The molecule has 0 aliphatic heterocycles. The molecule has 0 aliphatic rings. The number of ether oxygens (including phenoxy) is 4. The standard InChI is InChI=1S/C28H33NO5.ClH/c1-31-25-19-23(20-26(32-2)27(25)33-3)28(30)34-18-10-16-29-17-15-24(21-11-6-4-7-12-21)22-13-8-5-9-14-22;/h4-9,11-14,19-20,24,29H,10,15-18H2,1-3H3;1H. The lowest BCUT2D eigenvalue weighted by Gasteiger charge is -2.18. The van der Waals surface area contributed by atoms with Crippen LogP contribution in [0.15, 0.2) is 72.8 Å². The van der Waals surface area contributed by atoms with Crippen LogP contribution in [0.3, 0.4) is 0 Å². The summed E-state index contributed by atoms with van der Waals surface area (Å²) in [6.07, 6.45) is 1.71. The smallest absolute Gasteiger partial charge is 0.338 e. The van der Waals surface area contributed by atoms with E-state index in [1.165, 1.54) is 32.5 Å². The van der Waals surface area contributed by atoms with Crippen molar-refractivity contribution in [1.82, 2.24) is 5.32 Å². The quantitative estimate of drug-likeness (QED) is 0.248. The Morgan fingerprint density at radius 2 is 1.34 bits per heavy atom. The Bertz CT molecular complexity index is 966. The molecule has 3 rings (SSSR count). The van der Waals surface area contributed by atoms with Gasteiger partial charge in [-0.3, -0.25) is 0 Å². The number of halogens is 1. The highest BCUT2D eigenvalue weighted by molar-refractivity contribution is 5.91. The largest absolute Gasteiger partial charge is 0.493 e. The number of benzene rings is 3. The molecule has 0 atom stereocenters. The van der Waals surface area contributed by atoms with E-state index in [9.17, 15) is 4.79 Å². The monoisotopic (exact) mass is 499 g/mol. The molecule has 0 aromatic heterocycles. The first-order valence-electron chi connectivity index (χ1n) is 11.5. The topological polar surface area (TPSA) is 66.0 Å². The van der Waals surface area contributed by atoms with Gasteiger partial charge >= 0.3 is 5.97 Å². The van der Waals surface area contributed by atoms with Crippen LogP contribution in [0, 0.1) is 0 Å². The summed E-state index contributed by atoms with van der Waals surface area (Å²) < 4.78 is 21.3. The van der Waals surface area contributed by atoms with Crippen molar-refractivity contribution in [3.05, 3.63) is 89.5 Å². The third kappa shape index (κ3) is 7.91. The number of nitrogens with one attached hydrogen (secondary N) is 1. The molecule has 7 heteroatoms. The summed E-state index contributed by atoms with van der Waals surface area (Å²) in [6, 6.07) is 24.3. The van der Waals surface area contributed by atoms with Crippen molar-refractivity contribution < 1.29 is 23.7 Å². The fraction of sp³-hybridized carbons (Fsp3) is 0.321. The van der Waals surface area contributed by atoms with Gasteiger partial charge in [0.05, 0.1) is 33.5 Å². The van der Waals surface area contributed by atoms with Gasteiger partial charge in [-0.2, -0.15) is 0 Å². The molecule has 0 saturated carbocycles. The maximum atomic E-state index is 12.5. The Balaban J connectivity index is 0.00000432. The van der Waals surface area contributed by atoms with Crippen LogP contribution in [0.4, 0.5) is 0 Å². The van der Waals surface area contributed by atoms with Crippen molar-refractivity contribution >= 4 is 18.4 Å². The number of rotatable bonds is 13. The molecule has 3 aromatic carbocycles. The first-order chi connectivity index (χ1) is 16.7. The molecule has 0 amide bonds. The second kappa shape index (κ2) is 14.9. The van der Waals surface area contributed by atoms with Crippen LogP contribution in [0.5, 0.6) is 17.2 Å². The zero-order valence-corrected chi connectivity index (χ0v) is 21.3. The molecule has 3 aromatic rings. The van der Waals surface area contributed by atoms with Crippen LogP contribution >= 0.6 is 12.4 Å². The summed E-state index contributed by atoms with van der Waals surface area (Å²) in [4.78, 5) is 12.5. The lowest BCUT2D eigenvalue weighted by molar-refractivity contribution is 0.0500. The average Bonchev–Trinajstić information content (AvgIpc) is 2.90. The first-order valence-corrected chi connectivity index (χ1v) is 11.5. The summed E-state index contributed by atoms with van der Waals surface area (Å²) >= 11 is 0. The van der Waals surface area contributed by atoms with E-state index in [1.54, 1.807) is 12.1 Å². The van der Waals surface area contributed by atoms with Crippen LogP contribution in [0.2, 0.25) is 0 Å². The van der Waals surface area contributed by atoms with Gasteiger partial charge in [0.1, 0.15) is 0 Å². The first kappa shape index (κ1) is 28.0. The number of esters is 1. The summed E-state index contributed by atoms with van der Waals surface area (Å²) in [5, 5.41) is 3.47. The van der Waals surface area contributed by atoms with Gasteiger partial charge in [0.2, 0.25) is 5.75 Å². The Morgan fingerprint density at radius 3 is 1.83 bits per heavy atom. The van der Waals surface area contributed by atoms with Crippen LogP contribution in [-0.4, -0.2) is 47.0 Å². The highest BCUT2D eigenvalue weighted by Crippen LogP contribution is 2.38. The van der Waals surface area contributed by atoms with Gasteiger partial charge in [-0.05, 0) is 49.2 Å². The zero-order valence-electron chi connectivity index (χ0n) is 20.5. The maximum Gasteiger partial charge on any atom is 0.338 e. The highest BCUT2D eigenvalue weighted by atomic mass is 35.5. The number of methoxy groups -OCH3 is 3. The number of carbonyl (C=O) groups is 1. The third-order valence-corrected chi connectivity index (χ3v) is 5.65. The fourth-order valence-corrected chi connectivity index (χ4v) is 3.91. The molecule has 0 spiro atoms. The highest BCUT2D eigenvalue weighted by Gasteiger charge is 2.18.